The maximum absolute atomic E-state index is 14.0. The van der Waals surface area contributed by atoms with E-state index in [1.54, 1.807) is 11.8 Å². The Kier molecular flexibility index (Phi) is 7.83. The standard InChI is InChI=1S/C20H22F2N2O4S/c1-4-23(5-2)16(25)12-24-17(11-18(26)28-6-3)29-15(20(24)27)10-13-8-7-9-14(21)19(13)22/h7-11H,4-6,12H2,1-3H3. The molecule has 2 rings (SSSR count). The van der Waals surface area contributed by atoms with Crippen molar-refractivity contribution in [2.45, 2.75) is 27.3 Å². The van der Waals surface area contributed by atoms with Crippen molar-refractivity contribution in [2.24, 2.45) is 0 Å². The summed E-state index contributed by atoms with van der Waals surface area (Å²) in [6.07, 6.45) is 2.32. The molecular weight excluding hydrogens is 402 g/mol. The number of esters is 1. The molecule has 0 N–H and O–H groups in total. The van der Waals surface area contributed by atoms with E-state index >= 15 is 0 Å². The van der Waals surface area contributed by atoms with Crippen LogP contribution < -0.4 is 14.8 Å². The topological polar surface area (TPSA) is 68.6 Å². The van der Waals surface area contributed by atoms with Gasteiger partial charge < -0.3 is 9.64 Å². The van der Waals surface area contributed by atoms with Crippen LogP contribution in [0.3, 0.4) is 0 Å². The zero-order valence-electron chi connectivity index (χ0n) is 16.4. The third-order valence-electron chi connectivity index (χ3n) is 4.14. The maximum Gasteiger partial charge on any atom is 0.333 e. The summed E-state index contributed by atoms with van der Waals surface area (Å²) >= 11 is 0.897. The van der Waals surface area contributed by atoms with E-state index in [-0.39, 0.29) is 33.8 Å². The first-order valence-electron chi connectivity index (χ1n) is 9.13. The first-order chi connectivity index (χ1) is 13.8. The van der Waals surface area contributed by atoms with Gasteiger partial charge in [-0.2, -0.15) is 0 Å². The number of ether oxygens (including phenoxy) is 1. The van der Waals surface area contributed by atoms with Crippen molar-refractivity contribution in [2.75, 3.05) is 19.7 Å². The number of nitrogens with zero attached hydrogens (tertiary/aromatic N) is 2. The van der Waals surface area contributed by atoms with Crippen LogP contribution >= 0.6 is 11.3 Å². The van der Waals surface area contributed by atoms with Crippen LogP contribution in [-0.4, -0.2) is 41.0 Å². The smallest absolute Gasteiger partial charge is 0.333 e. The maximum atomic E-state index is 14.0. The highest BCUT2D eigenvalue weighted by Gasteiger charge is 2.15. The van der Waals surface area contributed by atoms with Crippen LogP contribution in [0.4, 0.5) is 8.78 Å². The second-order valence-electron chi connectivity index (χ2n) is 5.95. The van der Waals surface area contributed by atoms with Gasteiger partial charge in [0.2, 0.25) is 5.91 Å². The number of hydrogen-bond donors (Lipinski definition) is 0. The molecule has 0 aliphatic carbocycles. The highest BCUT2D eigenvalue weighted by molar-refractivity contribution is 7.07. The van der Waals surface area contributed by atoms with Gasteiger partial charge in [0.1, 0.15) is 11.2 Å². The van der Waals surface area contributed by atoms with E-state index in [1.807, 2.05) is 13.8 Å². The van der Waals surface area contributed by atoms with Crippen LogP contribution in [0, 0.1) is 11.6 Å². The van der Waals surface area contributed by atoms with E-state index in [9.17, 15) is 23.2 Å². The van der Waals surface area contributed by atoms with Gasteiger partial charge >= 0.3 is 5.97 Å². The number of rotatable bonds is 7. The summed E-state index contributed by atoms with van der Waals surface area (Å²) in [5, 5.41) is 0. The van der Waals surface area contributed by atoms with E-state index in [0.29, 0.717) is 13.1 Å². The molecule has 29 heavy (non-hydrogen) atoms. The van der Waals surface area contributed by atoms with Gasteiger partial charge in [0.15, 0.2) is 11.6 Å². The molecule has 0 spiro atoms. The van der Waals surface area contributed by atoms with Crippen LogP contribution in [0.15, 0.2) is 23.0 Å². The largest absolute Gasteiger partial charge is 0.463 e. The summed E-state index contributed by atoms with van der Waals surface area (Å²) in [5.74, 6) is -3.08. The molecule has 2 aromatic rings. The van der Waals surface area contributed by atoms with Gasteiger partial charge in [0.05, 0.1) is 17.2 Å². The van der Waals surface area contributed by atoms with Crippen LogP contribution in [-0.2, 0) is 20.9 Å². The lowest BCUT2D eigenvalue weighted by Crippen LogP contribution is -2.40. The number of carbonyl (C=O) groups is 2. The Balaban J connectivity index is 2.64. The molecule has 1 aromatic heterocycles. The van der Waals surface area contributed by atoms with Gasteiger partial charge in [-0.05, 0) is 32.9 Å². The Hall–Kier alpha value is -2.81. The van der Waals surface area contributed by atoms with E-state index in [4.69, 9.17) is 4.74 Å². The van der Waals surface area contributed by atoms with Gasteiger partial charge in [0.25, 0.3) is 5.56 Å². The minimum Gasteiger partial charge on any atom is -0.463 e. The lowest BCUT2D eigenvalue weighted by atomic mass is 10.2. The van der Waals surface area contributed by atoms with Crippen molar-refractivity contribution in [3.8, 4) is 0 Å². The van der Waals surface area contributed by atoms with Crippen LogP contribution in [0.25, 0.3) is 12.2 Å². The summed E-state index contributed by atoms with van der Waals surface area (Å²) < 4.78 is 33.7. The summed E-state index contributed by atoms with van der Waals surface area (Å²) in [6, 6.07) is 3.63. The summed E-state index contributed by atoms with van der Waals surface area (Å²) in [7, 11) is 0. The number of hydrogen-bond acceptors (Lipinski definition) is 5. The monoisotopic (exact) mass is 424 g/mol. The molecule has 0 saturated heterocycles. The van der Waals surface area contributed by atoms with Gasteiger partial charge in [-0.25, -0.2) is 13.6 Å². The zero-order chi connectivity index (χ0) is 21.6. The molecule has 0 saturated carbocycles. The molecule has 0 aliphatic heterocycles. The van der Waals surface area contributed by atoms with Gasteiger partial charge in [0, 0.05) is 18.7 Å². The third-order valence-corrected chi connectivity index (χ3v) is 5.20. The number of benzene rings is 1. The Bertz CT molecular complexity index is 1070. The number of amides is 1. The molecule has 0 atom stereocenters. The quantitative estimate of drug-likeness (QED) is 0.627. The number of halogens is 2. The Morgan fingerprint density at radius 2 is 1.90 bits per heavy atom. The molecular formula is C20H22F2N2O4S. The fourth-order valence-electron chi connectivity index (χ4n) is 2.66. The second kappa shape index (κ2) is 10.1. The Labute approximate surface area is 170 Å². The Morgan fingerprint density at radius 1 is 1.21 bits per heavy atom. The van der Waals surface area contributed by atoms with Crippen molar-refractivity contribution in [3.63, 3.8) is 0 Å². The van der Waals surface area contributed by atoms with Crippen LogP contribution in [0.2, 0.25) is 0 Å². The van der Waals surface area contributed by atoms with Gasteiger partial charge in [-0.15, -0.1) is 11.3 Å². The van der Waals surface area contributed by atoms with Gasteiger partial charge in [-0.3, -0.25) is 14.2 Å². The van der Waals surface area contributed by atoms with Crippen molar-refractivity contribution < 1.29 is 23.1 Å². The second-order valence-corrected chi connectivity index (χ2v) is 7.01. The normalized spacial score (nSPS) is 12.3. The molecule has 0 radical (unpaired) electrons. The van der Waals surface area contributed by atoms with Crippen molar-refractivity contribution >= 4 is 35.4 Å². The van der Waals surface area contributed by atoms with E-state index in [0.717, 1.165) is 28.0 Å². The molecule has 0 aliphatic rings. The Morgan fingerprint density at radius 3 is 2.52 bits per heavy atom. The number of carbonyl (C=O) groups excluding carboxylic acids is 2. The minimum atomic E-state index is -1.08. The summed E-state index contributed by atoms with van der Waals surface area (Å²) in [6.45, 7) is 6.09. The first kappa shape index (κ1) is 22.5. The summed E-state index contributed by atoms with van der Waals surface area (Å²) in [5.41, 5.74) is -0.678. The van der Waals surface area contributed by atoms with Crippen molar-refractivity contribution in [3.05, 3.63) is 54.9 Å². The lowest BCUT2D eigenvalue weighted by molar-refractivity contribution is -0.135. The average Bonchev–Trinajstić information content (AvgIpc) is 2.95. The molecule has 0 unspecified atom stereocenters. The highest BCUT2D eigenvalue weighted by atomic mass is 32.1. The van der Waals surface area contributed by atoms with Crippen molar-refractivity contribution in [1.82, 2.24) is 9.47 Å². The fourth-order valence-corrected chi connectivity index (χ4v) is 3.68. The van der Waals surface area contributed by atoms with E-state index in [2.05, 4.69) is 0 Å². The summed E-state index contributed by atoms with van der Waals surface area (Å²) in [4.78, 5) is 38.7. The first-order valence-corrected chi connectivity index (χ1v) is 9.95. The number of thiazole rings is 1. The fraction of sp³-hybridized carbons (Fsp3) is 0.350. The molecule has 1 aromatic carbocycles. The lowest BCUT2D eigenvalue weighted by Gasteiger charge is -2.18. The SMILES string of the molecule is CCOC(=O)C=c1sc(=Cc2cccc(F)c2F)c(=O)n1CC(=O)N(CC)CC. The third kappa shape index (κ3) is 5.38. The van der Waals surface area contributed by atoms with Crippen LogP contribution in [0.5, 0.6) is 0 Å². The molecule has 156 valence electrons. The van der Waals surface area contributed by atoms with E-state index in [1.165, 1.54) is 18.2 Å². The molecule has 6 nitrogen and oxygen atoms in total. The molecule has 0 fully saturated rings. The predicted molar refractivity (Wildman–Crippen MR) is 107 cm³/mol. The van der Waals surface area contributed by atoms with Gasteiger partial charge in [-0.1, -0.05) is 12.1 Å². The molecule has 1 heterocycles. The average molecular weight is 424 g/mol. The molecule has 1 amide bonds. The number of aromatic nitrogens is 1. The predicted octanol–water partition coefficient (Wildman–Crippen LogP) is 1.23. The van der Waals surface area contributed by atoms with E-state index < -0.39 is 23.2 Å². The van der Waals surface area contributed by atoms with Crippen LogP contribution in [0.1, 0.15) is 26.3 Å². The molecule has 9 heteroatoms. The van der Waals surface area contributed by atoms with Crippen molar-refractivity contribution in [1.29, 1.82) is 0 Å². The zero-order valence-corrected chi connectivity index (χ0v) is 17.2. The highest BCUT2D eigenvalue weighted by Crippen LogP contribution is 2.11. The molecule has 0 bridgehead atoms. The minimum absolute atomic E-state index is 0.0670. The number of likely N-dealkylation sites (N-methyl/N-ethyl adjacent to an activating group) is 1.